The van der Waals surface area contributed by atoms with Crippen molar-refractivity contribution in [2.45, 2.75) is 25.6 Å². The quantitative estimate of drug-likeness (QED) is 0.626. The van der Waals surface area contributed by atoms with Crippen LogP contribution in [-0.4, -0.2) is 29.0 Å². The van der Waals surface area contributed by atoms with Crippen LogP contribution in [-0.2, 0) is 11.3 Å². The molecular formula is C20H21N3O3S. The van der Waals surface area contributed by atoms with Gasteiger partial charge in [0, 0.05) is 12.1 Å². The molecule has 27 heavy (non-hydrogen) atoms. The van der Waals surface area contributed by atoms with E-state index in [9.17, 15) is 4.79 Å². The highest BCUT2D eigenvalue weighted by Crippen LogP contribution is 2.24. The fourth-order valence-corrected chi connectivity index (χ4v) is 3.13. The number of rotatable bonds is 7. The fraction of sp³-hybridized carbons (Fsp3) is 0.250. The van der Waals surface area contributed by atoms with Gasteiger partial charge in [-0.2, -0.15) is 0 Å². The van der Waals surface area contributed by atoms with Crippen molar-refractivity contribution in [3.05, 3.63) is 59.2 Å². The van der Waals surface area contributed by atoms with Gasteiger partial charge in [-0.15, -0.1) is 10.2 Å². The zero-order valence-electron chi connectivity index (χ0n) is 15.5. The van der Waals surface area contributed by atoms with Crippen molar-refractivity contribution in [3.8, 4) is 17.2 Å². The number of aryl methyl sites for hydroxylation is 2. The number of hydrogen-bond acceptors (Lipinski definition) is 6. The molecule has 0 saturated heterocycles. The number of thioether (sulfide) groups is 1. The Morgan fingerprint density at radius 1 is 1.15 bits per heavy atom. The zero-order valence-corrected chi connectivity index (χ0v) is 16.3. The molecule has 0 aliphatic carbocycles. The summed E-state index contributed by atoms with van der Waals surface area (Å²) in [7, 11) is 1.61. The van der Waals surface area contributed by atoms with Crippen molar-refractivity contribution in [2.75, 3.05) is 12.9 Å². The van der Waals surface area contributed by atoms with Crippen molar-refractivity contribution < 1.29 is 13.9 Å². The number of ether oxygens (including phenoxy) is 1. The predicted molar refractivity (Wildman–Crippen MR) is 105 cm³/mol. The van der Waals surface area contributed by atoms with Gasteiger partial charge in [0.2, 0.25) is 11.8 Å². The van der Waals surface area contributed by atoms with Gasteiger partial charge in [-0.1, -0.05) is 35.5 Å². The Kier molecular flexibility index (Phi) is 6.13. The summed E-state index contributed by atoms with van der Waals surface area (Å²) >= 11 is 1.22. The molecule has 0 radical (unpaired) electrons. The summed E-state index contributed by atoms with van der Waals surface area (Å²) in [5.74, 6) is 1.31. The van der Waals surface area contributed by atoms with Gasteiger partial charge in [0.1, 0.15) is 5.75 Å². The first-order valence-corrected chi connectivity index (χ1v) is 9.47. The van der Waals surface area contributed by atoms with E-state index in [-0.39, 0.29) is 11.7 Å². The lowest BCUT2D eigenvalue weighted by Crippen LogP contribution is -2.24. The van der Waals surface area contributed by atoms with Crippen LogP contribution in [0.2, 0.25) is 0 Å². The summed E-state index contributed by atoms with van der Waals surface area (Å²) in [6, 6.07) is 13.5. The Morgan fingerprint density at radius 2 is 1.93 bits per heavy atom. The molecule has 0 spiro atoms. The number of aromatic nitrogens is 2. The maximum atomic E-state index is 12.1. The highest BCUT2D eigenvalue weighted by atomic mass is 32.2. The predicted octanol–water partition coefficient (Wildman–Crippen LogP) is 3.77. The fourth-order valence-electron chi connectivity index (χ4n) is 2.53. The molecule has 3 aromatic rings. The number of nitrogens with zero attached hydrogens (tertiary/aromatic N) is 2. The summed E-state index contributed by atoms with van der Waals surface area (Å²) in [6.07, 6.45) is 0. The van der Waals surface area contributed by atoms with Crippen molar-refractivity contribution in [1.82, 2.24) is 15.5 Å². The number of nitrogens with one attached hydrogen (secondary N) is 1. The number of benzene rings is 2. The molecule has 0 atom stereocenters. The Balaban J connectivity index is 1.51. The minimum Gasteiger partial charge on any atom is -0.497 e. The molecule has 0 fully saturated rings. The topological polar surface area (TPSA) is 77.2 Å². The standard InChI is InChI=1S/C20H21N3O3S/c1-13-4-5-16(14(2)10-13)11-21-18(24)12-27-20-23-22-19(26-20)15-6-8-17(25-3)9-7-15/h4-10H,11-12H2,1-3H3,(H,21,24). The van der Waals surface area contributed by atoms with E-state index in [1.54, 1.807) is 7.11 Å². The molecule has 3 rings (SSSR count). The maximum Gasteiger partial charge on any atom is 0.277 e. The van der Waals surface area contributed by atoms with E-state index < -0.39 is 0 Å². The zero-order chi connectivity index (χ0) is 19.2. The monoisotopic (exact) mass is 383 g/mol. The molecule has 1 aromatic heterocycles. The van der Waals surface area contributed by atoms with Gasteiger partial charge in [0.25, 0.3) is 5.22 Å². The van der Waals surface area contributed by atoms with Crippen LogP contribution < -0.4 is 10.1 Å². The lowest BCUT2D eigenvalue weighted by Gasteiger charge is -2.08. The largest absolute Gasteiger partial charge is 0.497 e. The molecular weight excluding hydrogens is 362 g/mol. The number of carbonyl (C=O) groups is 1. The first-order chi connectivity index (χ1) is 13.0. The summed E-state index contributed by atoms with van der Waals surface area (Å²) in [5, 5.41) is 11.3. The third-order valence-corrected chi connectivity index (χ3v) is 4.86. The van der Waals surface area contributed by atoms with Crippen LogP contribution in [0.25, 0.3) is 11.5 Å². The van der Waals surface area contributed by atoms with Crippen LogP contribution in [0.5, 0.6) is 5.75 Å². The first kappa shape index (κ1) is 19.0. The second-order valence-corrected chi connectivity index (χ2v) is 7.02. The van der Waals surface area contributed by atoms with E-state index >= 15 is 0 Å². The van der Waals surface area contributed by atoms with Crippen molar-refractivity contribution in [2.24, 2.45) is 0 Å². The van der Waals surface area contributed by atoms with Gasteiger partial charge in [0.05, 0.1) is 12.9 Å². The van der Waals surface area contributed by atoms with Gasteiger partial charge in [-0.3, -0.25) is 4.79 Å². The van der Waals surface area contributed by atoms with Crippen LogP contribution in [0.3, 0.4) is 0 Å². The van der Waals surface area contributed by atoms with E-state index in [0.717, 1.165) is 16.9 Å². The second kappa shape index (κ2) is 8.73. The molecule has 1 N–H and O–H groups in total. The molecule has 0 bridgehead atoms. The third kappa shape index (κ3) is 5.10. The minimum absolute atomic E-state index is 0.0795. The van der Waals surface area contributed by atoms with E-state index in [1.807, 2.05) is 43.3 Å². The van der Waals surface area contributed by atoms with Crippen LogP contribution in [0.15, 0.2) is 52.1 Å². The lowest BCUT2D eigenvalue weighted by atomic mass is 10.1. The number of carbonyl (C=O) groups excluding carboxylic acids is 1. The maximum absolute atomic E-state index is 12.1. The molecule has 0 unspecified atom stereocenters. The average Bonchev–Trinajstić information content (AvgIpc) is 3.15. The molecule has 2 aromatic carbocycles. The summed E-state index contributed by atoms with van der Waals surface area (Å²) in [5.41, 5.74) is 4.29. The molecule has 0 aliphatic rings. The molecule has 1 heterocycles. The SMILES string of the molecule is COc1ccc(-c2nnc(SCC(=O)NCc3ccc(C)cc3C)o2)cc1. The minimum atomic E-state index is -0.0795. The van der Waals surface area contributed by atoms with E-state index in [2.05, 4.69) is 28.5 Å². The Hall–Kier alpha value is -2.80. The second-order valence-electron chi connectivity index (χ2n) is 6.10. The number of amides is 1. The average molecular weight is 383 g/mol. The highest BCUT2D eigenvalue weighted by Gasteiger charge is 2.11. The van der Waals surface area contributed by atoms with E-state index in [0.29, 0.717) is 17.7 Å². The van der Waals surface area contributed by atoms with Crippen molar-refractivity contribution >= 4 is 17.7 Å². The van der Waals surface area contributed by atoms with Gasteiger partial charge in [-0.25, -0.2) is 0 Å². The Bertz CT molecular complexity index is 922. The third-order valence-electron chi connectivity index (χ3n) is 4.04. The van der Waals surface area contributed by atoms with Crippen LogP contribution in [0.1, 0.15) is 16.7 Å². The van der Waals surface area contributed by atoms with Gasteiger partial charge < -0.3 is 14.5 Å². The molecule has 1 amide bonds. The molecule has 0 saturated carbocycles. The summed E-state index contributed by atoms with van der Waals surface area (Å²) in [4.78, 5) is 12.1. The van der Waals surface area contributed by atoms with E-state index in [4.69, 9.17) is 9.15 Å². The number of hydrogen-bond donors (Lipinski definition) is 1. The Labute approximate surface area is 162 Å². The molecule has 140 valence electrons. The highest BCUT2D eigenvalue weighted by molar-refractivity contribution is 7.99. The first-order valence-electron chi connectivity index (χ1n) is 8.48. The number of methoxy groups -OCH3 is 1. The molecule has 6 nitrogen and oxygen atoms in total. The van der Waals surface area contributed by atoms with Crippen LogP contribution >= 0.6 is 11.8 Å². The van der Waals surface area contributed by atoms with Gasteiger partial charge in [-0.05, 0) is 49.2 Å². The Morgan fingerprint density at radius 3 is 2.63 bits per heavy atom. The summed E-state index contributed by atoms with van der Waals surface area (Å²) in [6.45, 7) is 4.60. The van der Waals surface area contributed by atoms with Crippen molar-refractivity contribution in [3.63, 3.8) is 0 Å². The van der Waals surface area contributed by atoms with Crippen molar-refractivity contribution in [1.29, 1.82) is 0 Å². The molecule has 7 heteroatoms. The van der Waals surface area contributed by atoms with Gasteiger partial charge >= 0.3 is 0 Å². The normalized spacial score (nSPS) is 10.6. The lowest BCUT2D eigenvalue weighted by molar-refractivity contribution is -0.118. The summed E-state index contributed by atoms with van der Waals surface area (Å²) < 4.78 is 10.7. The van der Waals surface area contributed by atoms with Crippen LogP contribution in [0, 0.1) is 13.8 Å². The van der Waals surface area contributed by atoms with E-state index in [1.165, 1.54) is 22.9 Å². The van der Waals surface area contributed by atoms with Gasteiger partial charge in [0.15, 0.2) is 0 Å². The van der Waals surface area contributed by atoms with Crippen LogP contribution in [0.4, 0.5) is 0 Å². The smallest absolute Gasteiger partial charge is 0.277 e. The molecule has 0 aliphatic heterocycles.